The van der Waals surface area contributed by atoms with Crippen LogP contribution in [0.4, 0.5) is 0 Å². The predicted octanol–water partition coefficient (Wildman–Crippen LogP) is 4.73. The molecule has 0 N–H and O–H groups in total. The van der Waals surface area contributed by atoms with Gasteiger partial charge in [-0.05, 0) is 67.9 Å². The van der Waals surface area contributed by atoms with E-state index in [1.165, 1.54) is 23.1 Å². The van der Waals surface area contributed by atoms with Gasteiger partial charge in [-0.1, -0.05) is 42.5 Å². The molecule has 0 bridgehead atoms. The first-order valence-corrected chi connectivity index (χ1v) is 8.35. The molecule has 0 aromatic heterocycles. The predicted molar refractivity (Wildman–Crippen MR) is 93.5 cm³/mol. The number of hydrogen-bond donors (Lipinski definition) is 0. The third kappa shape index (κ3) is 3.64. The Labute approximate surface area is 138 Å². The third-order valence-corrected chi connectivity index (χ3v) is 4.23. The molecule has 0 saturated carbocycles. The van der Waals surface area contributed by atoms with Gasteiger partial charge in [0.25, 0.3) is 0 Å². The van der Waals surface area contributed by atoms with Crippen molar-refractivity contribution in [2.45, 2.75) is 52.1 Å². The van der Waals surface area contributed by atoms with Gasteiger partial charge in [-0.2, -0.15) is 0 Å². The van der Waals surface area contributed by atoms with E-state index in [1.807, 2.05) is 39.0 Å². The summed E-state index contributed by atoms with van der Waals surface area (Å²) in [6.07, 6.45) is 3.71. The molecule has 0 amide bonds. The van der Waals surface area contributed by atoms with Crippen LogP contribution in [0.1, 0.15) is 43.9 Å². The van der Waals surface area contributed by atoms with Crippen molar-refractivity contribution in [2.75, 3.05) is 0 Å². The van der Waals surface area contributed by atoms with Gasteiger partial charge in [0, 0.05) is 0 Å². The largest absolute Gasteiger partial charge is 0.460 e. The van der Waals surface area contributed by atoms with Crippen LogP contribution in [0.15, 0.2) is 42.5 Å². The number of benzene rings is 2. The minimum Gasteiger partial charge on any atom is -0.460 e. The van der Waals surface area contributed by atoms with Crippen LogP contribution in [0, 0.1) is 0 Å². The summed E-state index contributed by atoms with van der Waals surface area (Å²) in [5.74, 6) is -0.144. The molecule has 0 heterocycles. The number of ether oxygens (including phenoxy) is 1. The van der Waals surface area contributed by atoms with Gasteiger partial charge in [-0.25, -0.2) is 0 Å². The Kier molecular flexibility index (Phi) is 4.25. The second-order valence-electron chi connectivity index (χ2n) is 7.21. The topological polar surface area (TPSA) is 26.3 Å². The van der Waals surface area contributed by atoms with Crippen LogP contribution in [0.3, 0.4) is 0 Å². The number of carbonyl (C=O) groups excluding carboxylic acids is 1. The first-order chi connectivity index (χ1) is 10.9. The molecule has 23 heavy (non-hydrogen) atoms. The van der Waals surface area contributed by atoms with E-state index in [9.17, 15) is 4.79 Å². The minimum atomic E-state index is -0.443. The summed E-state index contributed by atoms with van der Waals surface area (Å²) in [7, 11) is 0. The second kappa shape index (κ2) is 6.19. The Hall–Kier alpha value is -2.09. The van der Waals surface area contributed by atoms with Crippen molar-refractivity contribution in [3.05, 3.63) is 59.2 Å². The maximum Gasteiger partial charge on any atom is 0.310 e. The van der Waals surface area contributed by atoms with Gasteiger partial charge in [0.05, 0.1) is 6.42 Å². The zero-order valence-electron chi connectivity index (χ0n) is 14.2. The van der Waals surface area contributed by atoms with Gasteiger partial charge in [0.1, 0.15) is 5.60 Å². The van der Waals surface area contributed by atoms with Crippen LogP contribution in [0.2, 0.25) is 0 Å². The van der Waals surface area contributed by atoms with Gasteiger partial charge in [0.2, 0.25) is 0 Å². The lowest BCUT2D eigenvalue weighted by atomic mass is 9.91. The fourth-order valence-corrected chi connectivity index (χ4v) is 3.35. The second-order valence-corrected chi connectivity index (χ2v) is 7.21. The quantitative estimate of drug-likeness (QED) is 0.766. The number of fused-ring (bicyclic) bond motifs is 1. The minimum absolute atomic E-state index is 0.144. The molecule has 1 aliphatic carbocycles. The van der Waals surface area contributed by atoms with E-state index >= 15 is 0 Å². The third-order valence-electron chi connectivity index (χ3n) is 4.23. The Morgan fingerprint density at radius 3 is 2.48 bits per heavy atom. The smallest absolute Gasteiger partial charge is 0.310 e. The summed E-state index contributed by atoms with van der Waals surface area (Å²) in [5.41, 5.74) is 5.79. The number of rotatable bonds is 3. The van der Waals surface area contributed by atoms with Crippen molar-refractivity contribution in [1.82, 2.24) is 0 Å². The highest BCUT2D eigenvalue weighted by molar-refractivity contribution is 5.80. The van der Waals surface area contributed by atoms with E-state index < -0.39 is 5.60 Å². The van der Waals surface area contributed by atoms with E-state index in [1.54, 1.807) is 0 Å². The van der Waals surface area contributed by atoms with Gasteiger partial charge < -0.3 is 4.74 Å². The van der Waals surface area contributed by atoms with Gasteiger partial charge >= 0.3 is 5.97 Å². The summed E-state index contributed by atoms with van der Waals surface area (Å²) in [6, 6.07) is 14.7. The highest BCUT2D eigenvalue weighted by atomic mass is 16.6. The normalized spacial score (nSPS) is 13.7. The molecule has 2 aromatic rings. The first kappa shape index (κ1) is 15.8. The van der Waals surface area contributed by atoms with E-state index in [0.29, 0.717) is 6.42 Å². The van der Waals surface area contributed by atoms with Crippen molar-refractivity contribution in [3.63, 3.8) is 0 Å². The van der Waals surface area contributed by atoms with Crippen molar-refractivity contribution in [3.8, 4) is 11.1 Å². The summed E-state index contributed by atoms with van der Waals surface area (Å²) in [5, 5.41) is 0. The SMILES string of the molecule is CC(C)(C)OC(=O)Cc1c(-c2ccccc2)ccc2c1CCC2. The number of hydrogen-bond acceptors (Lipinski definition) is 2. The van der Waals surface area contributed by atoms with Crippen molar-refractivity contribution < 1.29 is 9.53 Å². The molecule has 1 aliphatic rings. The molecule has 2 nitrogen and oxygen atoms in total. The van der Waals surface area contributed by atoms with E-state index in [2.05, 4.69) is 24.3 Å². The fourth-order valence-electron chi connectivity index (χ4n) is 3.35. The highest BCUT2D eigenvalue weighted by Gasteiger charge is 2.23. The summed E-state index contributed by atoms with van der Waals surface area (Å²) < 4.78 is 5.55. The molecular formula is C21H24O2. The van der Waals surface area contributed by atoms with E-state index in [-0.39, 0.29) is 5.97 Å². The van der Waals surface area contributed by atoms with E-state index in [0.717, 1.165) is 24.0 Å². The molecule has 2 heteroatoms. The standard InChI is InChI=1S/C21H24O2/c1-21(2,3)23-20(22)14-19-17-11-7-10-16(17)12-13-18(19)15-8-5-4-6-9-15/h4-6,8-9,12-13H,7,10-11,14H2,1-3H3. The Balaban J connectivity index is 2.00. The molecule has 0 saturated heterocycles. The lowest BCUT2D eigenvalue weighted by Gasteiger charge is -2.21. The maximum atomic E-state index is 12.4. The molecule has 0 aliphatic heterocycles. The van der Waals surface area contributed by atoms with Gasteiger partial charge in [0.15, 0.2) is 0 Å². The van der Waals surface area contributed by atoms with E-state index in [4.69, 9.17) is 4.74 Å². The summed E-state index contributed by atoms with van der Waals surface area (Å²) in [6.45, 7) is 5.75. The molecule has 0 radical (unpaired) electrons. The average molecular weight is 308 g/mol. The van der Waals surface area contributed by atoms with Crippen molar-refractivity contribution >= 4 is 5.97 Å². The first-order valence-electron chi connectivity index (χ1n) is 8.35. The van der Waals surface area contributed by atoms with Crippen LogP contribution in [0.25, 0.3) is 11.1 Å². The number of esters is 1. The van der Waals surface area contributed by atoms with Crippen molar-refractivity contribution in [1.29, 1.82) is 0 Å². The van der Waals surface area contributed by atoms with Crippen LogP contribution >= 0.6 is 0 Å². The summed E-state index contributed by atoms with van der Waals surface area (Å²) >= 11 is 0. The molecule has 2 aromatic carbocycles. The maximum absolute atomic E-state index is 12.4. The number of aryl methyl sites for hydroxylation is 1. The van der Waals surface area contributed by atoms with Crippen LogP contribution in [-0.2, 0) is 28.8 Å². The lowest BCUT2D eigenvalue weighted by Crippen LogP contribution is -2.25. The molecule has 120 valence electrons. The molecule has 0 unspecified atom stereocenters. The lowest BCUT2D eigenvalue weighted by molar-refractivity contribution is -0.153. The van der Waals surface area contributed by atoms with Crippen LogP contribution in [-0.4, -0.2) is 11.6 Å². The Morgan fingerprint density at radius 1 is 1.04 bits per heavy atom. The zero-order chi connectivity index (χ0) is 16.4. The Morgan fingerprint density at radius 2 is 1.78 bits per heavy atom. The molecular weight excluding hydrogens is 284 g/mol. The fraction of sp³-hybridized carbons (Fsp3) is 0.381. The van der Waals surface area contributed by atoms with Crippen LogP contribution in [0.5, 0.6) is 0 Å². The number of carbonyl (C=O) groups is 1. The highest BCUT2D eigenvalue weighted by Crippen LogP contribution is 2.34. The Bertz CT molecular complexity index is 709. The molecule has 0 fully saturated rings. The monoisotopic (exact) mass is 308 g/mol. The molecule has 3 rings (SSSR count). The van der Waals surface area contributed by atoms with Crippen LogP contribution < -0.4 is 0 Å². The zero-order valence-corrected chi connectivity index (χ0v) is 14.2. The summed E-state index contributed by atoms with van der Waals surface area (Å²) in [4.78, 5) is 12.4. The molecule has 0 spiro atoms. The van der Waals surface area contributed by atoms with Gasteiger partial charge in [-0.3, -0.25) is 4.79 Å². The average Bonchev–Trinajstić information content (AvgIpc) is 2.95. The molecule has 0 atom stereocenters. The van der Waals surface area contributed by atoms with Crippen molar-refractivity contribution in [2.24, 2.45) is 0 Å². The van der Waals surface area contributed by atoms with Gasteiger partial charge in [-0.15, -0.1) is 0 Å².